The summed E-state index contributed by atoms with van der Waals surface area (Å²) in [5.41, 5.74) is -1.13. The third-order valence-electron chi connectivity index (χ3n) is 3.49. The van der Waals surface area contributed by atoms with Gasteiger partial charge in [-0.2, -0.15) is 18.3 Å². The van der Waals surface area contributed by atoms with Crippen LogP contribution in [0.15, 0.2) is 52.6 Å². The number of benzene rings is 1. The normalized spacial score (nSPS) is 11.4. The molecule has 0 aliphatic carbocycles. The summed E-state index contributed by atoms with van der Waals surface area (Å²) in [7, 11) is 0. The van der Waals surface area contributed by atoms with Crippen molar-refractivity contribution in [2.45, 2.75) is 12.7 Å². The minimum absolute atomic E-state index is 0.0841. The first-order chi connectivity index (χ1) is 12.7. The van der Waals surface area contributed by atoms with Crippen molar-refractivity contribution in [3.05, 3.63) is 68.8 Å². The largest absolute Gasteiger partial charge is 0.417 e. The van der Waals surface area contributed by atoms with E-state index < -0.39 is 34.8 Å². The molecule has 5 nitrogen and oxygen atoms in total. The van der Waals surface area contributed by atoms with E-state index in [-0.39, 0.29) is 5.69 Å². The van der Waals surface area contributed by atoms with Crippen molar-refractivity contribution < 1.29 is 18.0 Å². The first-order valence-corrected chi connectivity index (χ1v) is 8.78. The fraction of sp³-hybridized carbons (Fsp3) is 0.118. The van der Waals surface area contributed by atoms with E-state index in [0.717, 1.165) is 21.7 Å². The van der Waals surface area contributed by atoms with Gasteiger partial charge in [0.05, 0.1) is 15.5 Å². The zero-order valence-electron chi connectivity index (χ0n) is 13.5. The van der Waals surface area contributed by atoms with Gasteiger partial charge in [0.2, 0.25) is 5.91 Å². The molecule has 27 heavy (non-hydrogen) atoms. The molecule has 0 aliphatic heterocycles. The Kier molecular flexibility index (Phi) is 5.33. The van der Waals surface area contributed by atoms with E-state index in [9.17, 15) is 22.8 Å². The second-order valence-corrected chi connectivity index (χ2v) is 6.79. The summed E-state index contributed by atoms with van der Waals surface area (Å²) in [6.45, 7) is -0.442. The number of carbonyl (C=O) groups is 1. The standard InChI is InChI=1S/C17H11ClF3N3O2S/c18-12-4-3-10(8-11(12)17(19,20)21)22-15(25)9-24-16(26)6-5-13(23-24)14-2-1-7-27-14/h1-8H,9H2,(H,22,25). The average molecular weight is 414 g/mol. The molecule has 140 valence electrons. The van der Waals surface area contributed by atoms with Crippen molar-refractivity contribution >= 4 is 34.5 Å². The van der Waals surface area contributed by atoms with Crippen LogP contribution in [-0.4, -0.2) is 15.7 Å². The number of alkyl halides is 3. The Hall–Kier alpha value is -2.65. The molecule has 0 fully saturated rings. The van der Waals surface area contributed by atoms with Gasteiger partial charge in [-0.1, -0.05) is 17.7 Å². The fourth-order valence-electron chi connectivity index (χ4n) is 2.27. The number of aromatic nitrogens is 2. The van der Waals surface area contributed by atoms with E-state index in [1.54, 1.807) is 0 Å². The van der Waals surface area contributed by atoms with E-state index in [2.05, 4.69) is 10.4 Å². The van der Waals surface area contributed by atoms with Crippen LogP contribution in [0.5, 0.6) is 0 Å². The van der Waals surface area contributed by atoms with E-state index in [4.69, 9.17) is 11.6 Å². The van der Waals surface area contributed by atoms with E-state index in [1.165, 1.54) is 29.5 Å². The van der Waals surface area contributed by atoms with Crippen LogP contribution >= 0.6 is 22.9 Å². The molecular weight excluding hydrogens is 403 g/mol. The summed E-state index contributed by atoms with van der Waals surface area (Å²) in [6.07, 6.45) is -4.65. The fourth-order valence-corrected chi connectivity index (χ4v) is 3.19. The lowest BCUT2D eigenvalue weighted by Crippen LogP contribution is -2.29. The number of rotatable bonds is 4. The molecule has 3 aromatic rings. The van der Waals surface area contributed by atoms with Crippen LogP contribution in [0.3, 0.4) is 0 Å². The molecule has 0 aliphatic rings. The molecule has 2 heterocycles. The Labute approximate surface area is 160 Å². The number of anilines is 1. The van der Waals surface area contributed by atoms with Gasteiger partial charge in [-0.15, -0.1) is 11.3 Å². The highest BCUT2D eigenvalue weighted by Crippen LogP contribution is 2.36. The van der Waals surface area contributed by atoms with Crippen molar-refractivity contribution in [3.63, 3.8) is 0 Å². The Morgan fingerprint density at radius 1 is 1.22 bits per heavy atom. The Balaban J connectivity index is 1.79. The van der Waals surface area contributed by atoms with E-state index >= 15 is 0 Å². The zero-order valence-corrected chi connectivity index (χ0v) is 15.0. The van der Waals surface area contributed by atoms with Gasteiger partial charge in [0.15, 0.2) is 0 Å². The summed E-state index contributed by atoms with van der Waals surface area (Å²) in [5, 5.41) is 7.81. The molecule has 0 radical (unpaired) electrons. The molecule has 0 bridgehead atoms. The maximum Gasteiger partial charge on any atom is 0.417 e. The van der Waals surface area contributed by atoms with Crippen molar-refractivity contribution in [3.8, 4) is 10.6 Å². The smallest absolute Gasteiger partial charge is 0.324 e. The van der Waals surface area contributed by atoms with Crippen LogP contribution in [0, 0.1) is 0 Å². The highest BCUT2D eigenvalue weighted by atomic mass is 35.5. The Morgan fingerprint density at radius 2 is 2.00 bits per heavy atom. The van der Waals surface area contributed by atoms with Gasteiger partial charge in [-0.05, 0) is 35.7 Å². The van der Waals surface area contributed by atoms with Crippen molar-refractivity contribution in [2.24, 2.45) is 0 Å². The Bertz CT molecular complexity index is 1030. The highest BCUT2D eigenvalue weighted by molar-refractivity contribution is 7.13. The number of nitrogens with one attached hydrogen (secondary N) is 1. The number of hydrogen-bond acceptors (Lipinski definition) is 4. The molecule has 0 spiro atoms. The second kappa shape index (κ2) is 7.53. The molecule has 0 atom stereocenters. The van der Waals surface area contributed by atoms with Gasteiger partial charge in [0.25, 0.3) is 5.56 Å². The third-order valence-corrected chi connectivity index (χ3v) is 4.71. The molecule has 0 saturated heterocycles. The van der Waals surface area contributed by atoms with Crippen LogP contribution in [-0.2, 0) is 17.5 Å². The number of amides is 1. The molecule has 1 N–H and O–H groups in total. The van der Waals surface area contributed by atoms with Crippen molar-refractivity contribution in [1.82, 2.24) is 9.78 Å². The number of carbonyl (C=O) groups excluding carboxylic acids is 1. The third kappa shape index (κ3) is 4.55. The van der Waals surface area contributed by atoms with Crippen LogP contribution in [0.4, 0.5) is 18.9 Å². The summed E-state index contributed by atoms with van der Waals surface area (Å²) in [4.78, 5) is 24.9. The predicted molar refractivity (Wildman–Crippen MR) is 96.9 cm³/mol. The molecule has 10 heteroatoms. The zero-order chi connectivity index (χ0) is 19.6. The molecule has 2 aromatic heterocycles. The first-order valence-electron chi connectivity index (χ1n) is 7.53. The monoisotopic (exact) mass is 413 g/mol. The van der Waals surface area contributed by atoms with Gasteiger partial charge < -0.3 is 5.32 Å². The van der Waals surface area contributed by atoms with E-state index in [0.29, 0.717) is 5.69 Å². The summed E-state index contributed by atoms with van der Waals surface area (Å²) >= 11 is 6.97. The molecular formula is C17H11ClF3N3O2S. The summed E-state index contributed by atoms with van der Waals surface area (Å²) in [6, 6.07) is 9.47. The van der Waals surface area contributed by atoms with Gasteiger partial charge in [-0.3, -0.25) is 9.59 Å². The lowest BCUT2D eigenvalue weighted by atomic mass is 10.2. The van der Waals surface area contributed by atoms with Gasteiger partial charge in [0, 0.05) is 11.8 Å². The number of halogens is 4. The molecule has 3 rings (SSSR count). The summed E-state index contributed by atoms with van der Waals surface area (Å²) in [5.74, 6) is -0.691. The van der Waals surface area contributed by atoms with Crippen molar-refractivity contribution in [1.29, 1.82) is 0 Å². The second-order valence-electron chi connectivity index (χ2n) is 5.43. The van der Waals surface area contributed by atoms with Crippen LogP contribution in [0.1, 0.15) is 5.56 Å². The van der Waals surface area contributed by atoms with Crippen LogP contribution in [0.25, 0.3) is 10.6 Å². The minimum atomic E-state index is -4.65. The molecule has 0 unspecified atom stereocenters. The topological polar surface area (TPSA) is 64.0 Å². The lowest BCUT2D eigenvalue weighted by molar-refractivity contribution is -0.137. The SMILES string of the molecule is O=C(Cn1nc(-c2cccs2)ccc1=O)Nc1ccc(Cl)c(C(F)(F)F)c1. The van der Waals surface area contributed by atoms with Crippen molar-refractivity contribution in [2.75, 3.05) is 5.32 Å². The number of nitrogens with zero attached hydrogens (tertiary/aromatic N) is 2. The molecule has 1 amide bonds. The van der Waals surface area contributed by atoms with Crippen LogP contribution < -0.4 is 10.9 Å². The minimum Gasteiger partial charge on any atom is -0.324 e. The summed E-state index contributed by atoms with van der Waals surface area (Å²) < 4.78 is 39.6. The lowest BCUT2D eigenvalue weighted by Gasteiger charge is -2.12. The highest BCUT2D eigenvalue weighted by Gasteiger charge is 2.33. The Morgan fingerprint density at radius 3 is 2.67 bits per heavy atom. The maximum atomic E-state index is 12.9. The van der Waals surface area contributed by atoms with Gasteiger partial charge in [0.1, 0.15) is 12.2 Å². The average Bonchev–Trinajstić information content (AvgIpc) is 3.12. The van der Waals surface area contributed by atoms with Crippen LogP contribution in [0.2, 0.25) is 5.02 Å². The number of thiophene rings is 1. The number of hydrogen-bond donors (Lipinski definition) is 1. The molecule has 1 aromatic carbocycles. The maximum absolute atomic E-state index is 12.9. The quantitative estimate of drug-likeness (QED) is 0.694. The van der Waals surface area contributed by atoms with Gasteiger partial charge in [-0.25, -0.2) is 4.68 Å². The van der Waals surface area contributed by atoms with Gasteiger partial charge >= 0.3 is 6.18 Å². The predicted octanol–water partition coefficient (Wildman–Crippen LogP) is 4.28. The molecule has 0 saturated carbocycles. The first kappa shape index (κ1) is 19.1. The van der Waals surface area contributed by atoms with E-state index in [1.807, 2.05) is 17.5 Å².